The number of carbonyl (C=O) groups is 2. The number of amides is 1. The van der Waals surface area contributed by atoms with Gasteiger partial charge in [-0.2, -0.15) is 42.8 Å². The van der Waals surface area contributed by atoms with Crippen molar-refractivity contribution in [3.05, 3.63) is 178 Å². The maximum atomic E-state index is 13.7. The Kier molecular flexibility index (Phi) is 23.1. The van der Waals surface area contributed by atoms with Gasteiger partial charge in [0, 0.05) is 114 Å². The molecule has 0 spiro atoms. The van der Waals surface area contributed by atoms with Crippen LogP contribution in [0.5, 0.6) is 0 Å². The van der Waals surface area contributed by atoms with Crippen LogP contribution in [0.25, 0.3) is 16.8 Å². The fraction of sp³-hybridized carbons (Fsp3) is 0.447. The van der Waals surface area contributed by atoms with Gasteiger partial charge in [0.25, 0.3) is 40.5 Å². The quantitative estimate of drug-likeness (QED) is 0.0152. The number of hydrogen-bond acceptors (Lipinski definition) is 12. The lowest BCUT2D eigenvalue weighted by Gasteiger charge is -2.30. The maximum absolute atomic E-state index is 13.7. The zero-order chi connectivity index (χ0) is 72.3. The van der Waals surface area contributed by atoms with Crippen LogP contribution in [0.2, 0.25) is 0 Å². The highest BCUT2D eigenvalue weighted by molar-refractivity contribution is 7.86. The minimum atomic E-state index is -4.66. The summed E-state index contributed by atoms with van der Waals surface area (Å²) in [5, 5.41) is 5.08. The number of nitrogens with zero attached hydrogens (tertiary/aromatic N) is 4. The second-order valence-electron chi connectivity index (χ2n) is 28.6. The topological polar surface area (TPSA) is 276 Å². The molecule has 1 amide bonds. The number of benzene rings is 5. The Morgan fingerprint density at radius 3 is 1.79 bits per heavy atom. The number of ketones is 1. The first-order valence-electron chi connectivity index (χ1n) is 34.2. The monoisotopic (exact) mass is 1430 g/mol. The highest BCUT2D eigenvalue weighted by Gasteiger charge is 2.48. The van der Waals surface area contributed by atoms with E-state index in [-0.39, 0.29) is 67.3 Å². The van der Waals surface area contributed by atoms with Gasteiger partial charge in [-0.1, -0.05) is 93.8 Å². The van der Waals surface area contributed by atoms with Crippen molar-refractivity contribution in [2.45, 2.75) is 179 Å². The van der Waals surface area contributed by atoms with Crippen LogP contribution in [-0.2, 0) is 78.3 Å². The molecule has 1 unspecified atom stereocenters. The molecule has 19 nitrogen and oxygen atoms in total. The van der Waals surface area contributed by atoms with Crippen LogP contribution in [0.15, 0.2) is 144 Å². The number of fused-ring (bicyclic) bond motifs is 6. The third-order valence-electron chi connectivity index (χ3n) is 20.2. The van der Waals surface area contributed by atoms with Gasteiger partial charge < -0.3 is 19.9 Å². The van der Waals surface area contributed by atoms with E-state index in [1.807, 2.05) is 77.9 Å². The first-order chi connectivity index (χ1) is 46.4. The molecule has 532 valence electrons. The number of hydrogen-bond donors (Lipinski definition) is 5. The van der Waals surface area contributed by atoms with Gasteiger partial charge in [0.1, 0.15) is 18.9 Å². The molecule has 4 heterocycles. The molecule has 1 atom stereocenters. The van der Waals surface area contributed by atoms with E-state index in [0.717, 1.165) is 81.8 Å². The summed E-state index contributed by atoms with van der Waals surface area (Å²) in [4.78, 5) is 29.5. The molecule has 0 bridgehead atoms. The van der Waals surface area contributed by atoms with E-state index in [0.29, 0.717) is 55.6 Å². The minimum absolute atomic E-state index is 0.0193. The van der Waals surface area contributed by atoms with Gasteiger partial charge in [0.05, 0.1) is 33.0 Å². The zero-order valence-corrected chi connectivity index (χ0v) is 61.9. The average Bonchev–Trinajstić information content (AvgIpc) is 1.60. The first kappa shape index (κ1) is 76.0. The van der Waals surface area contributed by atoms with E-state index in [4.69, 9.17) is 0 Å². The van der Waals surface area contributed by atoms with Gasteiger partial charge >= 0.3 is 0 Å². The molecule has 4 aliphatic heterocycles. The number of unbranched alkanes of at least 4 members (excludes halogenated alkanes) is 4. The number of carbonyl (C=O) groups excluding carboxylic acids is 2. The highest BCUT2D eigenvalue weighted by atomic mass is 32.2. The van der Waals surface area contributed by atoms with Crippen molar-refractivity contribution in [3.63, 3.8) is 0 Å². The first-order valence-corrected chi connectivity index (χ1v) is 40.4. The molecule has 0 saturated carbocycles. The average molecular weight is 1430 g/mol. The Labute approximate surface area is 585 Å². The van der Waals surface area contributed by atoms with Crippen molar-refractivity contribution in [1.29, 1.82) is 0 Å². The van der Waals surface area contributed by atoms with Crippen LogP contribution in [0.1, 0.15) is 178 Å². The smallest absolute Gasteiger partial charge is 0.294 e. The normalized spacial score (nSPS) is 18.9. The second kappa shape index (κ2) is 30.2. The van der Waals surface area contributed by atoms with Crippen LogP contribution in [-0.4, -0.2) is 128 Å². The largest absolute Gasteiger partial charge is 0.352 e. The second-order valence-corrected chi connectivity index (χ2v) is 34.7. The lowest BCUT2D eigenvalue weighted by molar-refractivity contribution is -0.437. The summed E-state index contributed by atoms with van der Waals surface area (Å²) in [6.45, 7) is 22.6. The number of para-hydroxylation sites is 1. The molecule has 4 aliphatic rings. The summed E-state index contributed by atoms with van der Waals surface area (Å²) in [5.41, 5.74) is 12.1. The molecule has 9 rings (SSSR count). The summed E-state index contributed by atoms with van der Waals surface area (Å²) in [5.74, 6) is -1.30. The summed E-state index contributed by atoms with van der Waals surface area (Å²) in [7, 11) is -17.5. The lowest BCUT2D eigenvalue weighted by Crippen LogP contribution is -2.30. The van der Waals surface area contributed by atoms with E-state index >= 15 is 0 Å². The van der Waals surface area contributed by atoms with Crippen LogP contribution in [0.4, 0.5) is 22.7 Å². The fourth-order valence-electron chi connectivity index (χ4n) is 15.4. The molecular formula is C76H97N5O14S4+2. The van der Waals surface area contributed by atoms with Gasteiger partial charge in [-0.15, -0.1) is 0 Å². The number of rotatable bonds is 32. The Morgan fingerprint density at radius 2 is 1.14 bits per heavy atom. The van der Waals surface area contributed by atoms with Crippen LogP contribution in [0.3, 0.4) is 0 Å². The minimum Gasteiger partial charge on any atom is -0.352 e. The van der Waals surface area contributed by atoms with Crippen LogP contribution < -0.4 is 15.1 Å². The van der Waals surface area contributed by atoms with Crippen molar-refractivity contribution < 1.29 is 70.6 Å². The summed E-state index contributed by atoms with van der Waals surface area (Å²) in [6, 6.07) is 26.8. The van der Waals surface area contributed by atoms with E-state index in [1.54, 1.807) is 13.0 Å². The molecule has 5 N–H and O–H groups in total. The third-order valence-corrected chi connectivity index (χ3v) is 23.5. The van der Waals surface area contributed by atoms with Gasteiger partial charge in [-0.3, -0.25) is 23.0 Å². The predicted octanol–water partition coefficient (Wildman–Crippen LogP) is 13.9. The predicted molar refractivity (Wildman–Crippen MR) is 395 cm³/mol. The fourth-order valence-corrected chi connectivity index (χ4v) is 17.4. The molecule has 5 aromatic carbocycles. The van der Waals surface area contributed by atoms with Crippen LogP contribution >= 0.6 is 0 Å². The Hall–Kier alpha value is -7.22. The Morgan fingerprint density at radius 1 is 0.556 bits per heavy atom. The zero-order valence-electron chi connectivity index (χ0n) is 58.6. The standard InChI is InChI=1S/C76H95N5O14S4/c1-11-25-58-53(2)34-39-64-71(58)74(6,7)67(80(64)43-19-13-14-26-54(3)82)30-20-31-68-75(8,9)72-59-38-35-55(50-56(59)36-40-65(72)81(68)46-24-49-98(90,91)92)52-77-70(83)33-15-12-18-42-76(10)61-51-57(99(93,94)95)37-41-63(61)79(45-23-48-97(87,88)89)69(76)32-21-29-66-73(4,5)60-27-16-17-28-62(60)78(66)44-22-47-96(84,85)86/h11,16-17,20-21,25,27-32,34-41,50-51H,12-15,18-19,22-24,26,33,42-49,52H2,1-10H3,(H3-2,77,83,84,85,86,87,88,89,90,91,92,93,94,95)/p+2/b25-11-. The molecule has 0 saturated heterocycles. The van der Waals surface area contributed by atoms with Crippen LogP contribution in [0, 0.1) is 6.92 Å². The van der Waals surface area contributed by atoms with Crippen molar-refractivity contribution in [3.8, 4) is 0 Å². The Bertz CT molecular complexity index is 4690. The number of allylic oxidation sites excluding steroid dienone is 9. The molecule has 99 heavy (non-hydrogen) atoms. The molecule has 5 aromatic rings. The van der Waals surface area contributed by atoms with Crippen molar-refractivity contribution >= 4 is 103 Å². The summed E-state index contributed by atoms with van der Waals surface area (Å²) >= 11 is 0. The third kappa shape index (κ3) is 17.2. The van der Waals surface area contributed by atoms with E-state index < -0.39 is 74.0 Å². The van der Waals surface area contributed by atoms with Gasteiger partial charge in [-0.25, -0.2) is 0 Å². The number of Topliss-reactive ketones (excluding diaryl/α,β-unsaturated/α-hetero) is 1. The van der Waals surface area contributed by atoms with E-state index in [9.17, 15) is 61.5 Å². The maximum Gasteiger partial charge on any atom is 0.294 e. The molecule has 0 aliphatic carbocycles. The summed E-state index contributed by atoms with van der Waals surface area (Å²) < 4.78 is 141. The van der Waals surface area contributed by atoms with Gasteiger partial charge in [0.15, 0.2) is 11.4 Å². The SMILES string of the molecule is C/C=C\c1c(C)ccc2c1C(C)(C)/C(=C\C=C\C1=[N+](CCCS(=O)(=O)O)c3ccc4cc(CNC(=O)CCCCCC5(C)/C(=C\C=C\C6=[N+](CCCS(=O)(=O)O)c7ccccc7C6(C)C)N(CCCS(=O)(=O)O)c6ccc(S(=O)(=O)O)cc65)ccc4c3C1(C)C)N2CCCCCC(C)=O. The summed E-state index contributed by atoms with van der Waals surface area (Å²) in [6.07, 6.45) is 22.4. The van der Waals surface area contributed by atoms with Crippen molar-refractivity contribution in [2.75, 3.05) is 53.2 Å². The van der Waals surface area contributed by atoms with Gasteiger partial charge in [0.2, 0.25) is 17.3 Å². The lowest BCUT2D eigenvalue weighted by atomic mass is 9.77. The molecule has 0 aromatic heterocycles. The van der Waals surface area contributed by atoms with Crippen molar-refractivity contribution in [2.24, 2.45) is 0 Å². The molecule has 0 fully saturated rings. The van der Waals surface area contributed by atoms with E-state index in [2.05, 4.69) is 124 Å². The van der Waals surface area contributed by atoms with E-state index in [1.165, 1.54) is 34.5 Å². The molecule has 0 radical (unpaired) electrons. The number of nitrogens with one attached hydrogen (secondary N) is 1. The van der Waals surface area contributed by atoms with Crippen molar-refractivity contribution in [1.82, 2.24) is 5.32 Å². The number of anilines is 2. The Balaban J connectivity index is 0.921. The van der Waals surface area contributed by atoms with Gasteiger partial charge in [-0.05, 0) is 175 Å². The number of aryl methyl sites for hydroxylation is 1. The highest BCUT2D eigenvalue weighted by Crippen LogP contribution is 2.53. The molecule has 23 heteroatoms. The molecular weight excluding hydrogens is 1340 g/mol.